The van der Waals surface area contributed by atoms with Crippen molar-refractivity contribution in [2.75, 3.05) is 7.11 Å². The summed E-state index contributed by atoms with van der Waals surface area (Å²) in [6.07, 6.45) is 1.99. The Morgan fingerprint density at radius 3 is 2.63 bits per heavy atom. The highest BCUT2D eigenvalue weighted by molar-refractivity contribution is 5.73. The molecule has 0 unspecified atom stereocenters. The molecule has 102 valence electrons. The van der Waals surface area contributed by atoms with Crippen molar-refractivity contribution in [3.63, 3.8) is 0 Å². The van der Waals surface area contributed by atoms with Gasteiger partial charge in [-0.25, -0.2) is 0 Å². The summed E-state index contributed by atoms with van der Waals surface area (Å²) in [6.45, 7) is 4.78. The molecule has 0 aliphatic carbocycles. The first-order valence-corrected chi connectivity index (χ1v) is 6.47. The zero-order valence-electron chi connectivity index (χ0n) is 12.0. The van der Waals surface area contributed by atoms with E-state index in [0.717, 1.165) is 22.6 Å². The number of benzene rings is 1. The summed E-state index contributed by atoms with van der Waals surface area (Å²) in [4.78, 5) is 0. The van der Waals surface area contributed by atoms with E-state index in [1.54, 1.807) is 11.8 Å². The average molecular weight is 259 g/mol. The van der Waals surface area contributed by atoms with Crippen LogP contribution in [0.3, 0.4) is 0 Å². The van der Waals surface area contributed by atoms with Crippen LogP contribution in [-0.4, -0.2) is 16.9 Å². The van der Waals surface area contributed by atoms with Gasteiger partial charge in [-0.1, -0.05) is 19.9 Å². The molecule has 0 saturated heterocycles. The number of hydrogen-bond acceptors (Lipinski definition) is 3. The zero-order valence-corrected chi connectivity index (χ0v) is 12.0. The van der Waals surface area contributed by atoms with E-state index < -0.39 is 0 Å². The second-order valence-corrected chi connectivity index (χ2v) is 4.98. The fraction of sp³-hybridized carbons (Fsp3) is 0.400. The molecule has 2 aromatic rings. The summed E-state index contributed by atoms with van der Waals surface area (Å²) in [5, 5.41) is 4.39. The molecule has 0 radical (unpaired) electrons. The van der Waals surface area contributed by atoms with Crippen molar-refractivity contribution in [3.05, 3.63) is 35.7 Å². The van der Waals surface area contributed by atoms with Crippen LogP contribution in [0.4, 0.5) is 0 Å². The number of aromatic nitrogens is 2. The van der Waals surface area contributed by atoms with E-state index in [1.165, 1.54) is 5.56 Å². The first-order chi connectivity index (χ1) is 9.06. The van der Waals surface area contributed by atoms with Gasteiger partial charge < -0.3 is 10.5 Å². The Labute approximate surface area is 114 Å². The quantitative estimate of drug-likeness (QED) is 0.918. The second kappa shape index (κ2) is 5.45. The number of aryl methyl sites for hydroxylation is 1. The smallest absolute Gasteiger partial charge is 0.126 e. The van der Waals surface area contributed by atoms with E-state index in [-0.39, 0.29) is 0 Å². The lowest BCUT2D eigenvalue weighted by Gasteiger charge is -2.12. The largest absolute Gasteiger partial charge is 0.496 e. The Bertz CT molecular complexity index is 573. The Balaban J connectivity index is 2.61. The molecule has 1 aromatic carbocycles. The van der Waals surface area contributed by atoms with Crippen LogP contribution in [0.5, 0.6) is 5.75 Å². The van der Waals surface area contributed by atoms with Gasteiger partial charge in [0, 0.05) is 30.9 Å². The van der Waals surface area contributed by atoms with Gasteiger partial charge in [0.25, 0.3) is 0 Å². The van der Waals surface area contributed by atoms with Crippen LogP contribution in [0, 0.1) is 0 Å². The third kappa shape index (κ3) is 2.63. The Morgan fingerprint density at radius 2 is 2.05 bits per heavy atom. The maximum absolute atomic E-state index is 5.77. The Hall–Kier alpha value is -1.81. The van der Waals surface area contributed by atoms with E-state index in [2.05, 4.69) is 31.1 Å². The van der Waals surface area contributed by atoms with Crippen molar-refractivity contribution in [1.82, 2.24) is 9.78 Å². The molecule has 0 spiro atoms. The van der Waals surface area contributed by atoms with E-state index in [0.29, 0.717) is 12.5 Å². The van der Waals surface area contributed by atoms with Crippen molar-refractivity contribution in [2.45, 2.75) is 26.3 Å². The SMILES string of the molecule is COc1ccc(C(C)C)cc1-c1cn(C)nc1CN. The maximum Gasteiger partial charge on any atom is 0.126 e. The van der Waals surface area contributed by atoms with Gasteiger partial charge in [0.1, 0.15) is 5.75 Å². The van der Waals surface area contributed by atoms with Crippen LogP contribution in [-0.2, 0) is 13.6 Å². The highest BCUT2D eigenvalue weighted by atomic mass is 16.5. The van der Waals surface area contributed by atoms with Gasteiger partial charge in [-0.2, -0.15) is 5.10 Å². The molecule has 1 heterocycles. The first kappa shape index (κ1) is 13.6. The van der Waals surface area contributed by atoms with Crippen LogP contribution >= 0.6 is 0 Å². The van der Waals surface area contributed by atoms with Gasteiger partial charge in [0.2, 0.25) is 0 Å². The minimum absolute atomic E-state index is 0.422. The number of nitrogens with zero attached hydrogens (tertiary/aromatic N) is 2. The minimum Gasteiger partial charge on any atom is -0.496 e. The molecule has 0 aliphatic rings. The number of methoxy groups -OCH3 is 1. The molecular formula is C15H21N3O. The van der Waals surface area contributed by atoms with Crippen molar-refractivity contribution in [1.29, 1.82) is 0 Å². The molecule has 4 nitrogen and oxygen atoms in total. The summed E-state index contributed by atoms with van der Waals surface area (Å²) in [5.74, 6) is 1.33. The summed E-state index contributed by atoms with van der Waals surface area (Å²) in [5.41, 5.74) is 10.0. The number of ether oxygens (including phenoxy) is 1. The Kier molecular flexibility index (Phi) is 3.90. The van der Waals surface area contributed by atoms with Crippen LogP contribution in [0.1, 0.15) is 31.0 Å². The monoisotopic (exact) mass is 259 g/mol. The molecule has 4 heteroatoms. The van der Waals surface area contributed by atoms with Crippen LogP contribution in [0.25, 0.3) is 11.1 Å². The standard InChI is InChI=1S/C15H21N3O/c1-10(2)11-5-6-15(19-4)12(7-11)13-9-18(3)17-14(13)8-16/h5-7,9-10H,8,16H2,1-4H3. The molecular weight excluding hydrogens is 238 g/mol. The molecule has 19 heavy (non-hydrogen) atoms. The number of nitrogens with two attached hydrogens (primary N) is 1. The van der Waals surface area contributed by atoms with Gasteiger partial charge in [0.15, 0.2) is 0 Å². The summed E-state index contributed by atoms with van der Waals surface area (Å²) < 4.78 is 7.26. The van der Waals surface area contributed by atoms with Crippen molar-refractivity contribution >= 4 is 0 Å². The lowest BCUT2D eigenvalue weighted by molar-refractivity contribution is 0.416. The summed E-state index contributed by atoms with van der Waals surface area (Å²) in [7, 11) is 3.59. The van der Waals surface area contributed by atoms with Crippen LogP contribution in [0.2, 0.25) is 0 Å². The van der Waals surface area contributed by atoms with E-state index in [4.69, 9.17) is 10.5 Å². The molecule has 2 N–H and O–H groups in total. The van der Waals surface area contributed by atoms with Gasteiger partial charge >= 0.3 is 0 Å². The molecule has 2 rings (SSSR count). The van der Waals surface area contributed by atoms with Gasteiger partial charge in [-0.3, -0.25) is 4.68 Å². The molecule has 0 saturated carbocycles. The highest BCUT2D eigenvalue weighted by Gasteiger charge is 2.14. The van der Waals surface area contributed by atoms with E-state index >= 15 is 0 Å². The van der Waals surface area contributed by atoms with Gasteiger partial charge in [-0.05, 0) is 23.6 Å². The van der Waals surface area contributed by atoms with Crippen LogP contribution < -0.4 is 10.5 Å². The topological polar surface area (TPSA) is 53.1 Å². The predicted molar refractivity (Wildman–Crippen MR) is 77.2 cm³/mol. The number of hydrogen-bond donors (Lipinski definition) is 1. The lowest BCUT2D eigenvalue weighted by Crippen LogP contribution is -2.00. The normalized spacial score (nSPS) is 11.1. The predicted octanol–water partition coefficient (Wildman–Crippen LogP) is 2.68. The molecule has 1 aromatic heterocycles. The van der Waals surface area contributed by atoms with Gasteiger partial charge in [-0.15, -0.1) is 0 Å². The van der Waals surface area contributed by atoms with E-state index in [9.17, 15) is 0 Å². The van der Waals surface area contributed by atoms with Gasteiger partial charge in [0.05, 0.1) is 12.8 Å². The zero-order chi connectivity index (χ0) is 14.0. The lowest BCUT2D eigenvalue weighted by atomic mass is 9.97. The van der Waals surface area contributed by atoms with E-state index in [1.807, 2.05) is 19.3 Å². The van der Waals surface area contributed by atoms with Crippen molar-refractivity contribution in [2.24, 2.45) is 12.8 Å². The summed E-state index contributed by atoms with van der Waals surface area (Å²) in [6, 6.07) is 6.28. The van der Waals surface area contributed by atoms with Crippen molar-refractivity contribution in [3.8, 4) is 16.9 Å². The molecule has 0 fully saturated rings. The average Bonchev–Trinajstić information content (AvgIpc) is 2.78. The minimum atomic E-state index is 0.422. The molecule has 0 aliphatic heterocycles. The molecule has 0 bridgehead atoms. The second-order valence-electron chi connectivity index (χ2n) is 4.98. The van der Waals surface area contributed by atoms with Crippen molar-refractivity contribution < 1.29 is 4.74 Å². The summed E-state index contributed by atoms with van der Waals surface area (Å²) >= 11 is 0. The third-order valence-electron chi connectivity index (χ3n) is 3.28. The first-order valence-electron chi connectivity index (χ1n) is 6.47. The molecule has 0 amide bonds. The maximum atomic E-state index is 5.77. The number of rotatable bonds is 4. The highest BCUT2D eigenvalue weighted by Crippen LogP contribution is 2.34. The fourth-order valence-electron chi connectivity index (χ4n) is 2.21. The molecule has 0 atom stereocenters. The Morgan fingerprint density at radius 1 is 1.32 bits per heavy atom. The van der Waals surface area contributed by atoms with Crippen LogP contribution in [0.15, 0.2) is 24.4 Å². The third-order valence-corrected chi connectivity index (χ3v) is 3.28. The fourth-order valence-corrected chi connectivity index (χ4v) is 2.21.